The van der Waals surface area contributed by atoms with Gasteiger partial charge in [0.25, 0.3) is 11.8 Å². The molecule has 0 unspecified atom stereocenters. The van der Waals surface area contributed by atoms with Crippen LogP contribution in [0.15, 0.2) is 18.2 Å². The van der Waals surface area contributed by atoms with Gasteiger partial charge >= 0.3 is 12.1 Å². The number of carbonyl (C=O) groups is 3. The number of carboxylic acids is 1. The summed E-state index contributed by atoms with van der Waals surface area (Å²) >= 11 is 0. The lowest BCUT2D eigenvalue weighted by molar-refractivity contribution is -0.192. The first kappa shape index (κ1) is 32.8. The van der Waals surface area contributed by atoms with Gasteiger partial charge in [-0.2, -0.15) is 13.2 Å². The van der Waals surface area contributed by atoms with Crippen molar-refractivity contribution in [3.05, 3.63) is 52.1 Å². The zero-order chi connectivity index (χ0) is 31.6. The Morgan fingerprint density at radius 2 is 1.74 bits per heavy atom. The number of carboxylic acid groups (broad SMARTS) is 1. The van der Waals surface area contributed by atoms with Crippen LogP contribution in [0.1, 0.15) is 72.4 Å². The summed E-state index contributed by atoms with van der Waals surface area (Å²) in [4.78, 5) is 40.2. The van der Waals surface area contributed by atoms with E-state index in [0.29, 0.717) is 23.4 Å². The van der Waals surface area contributed by atoms with E-state index in [2.05, 4.69) is 10.3 Å². The summed E-state index contributed by atoms with van der Waals surface area (Å²) in [7, 11) is 0. The van der Waals surface area contributed by atoms with E-state index < -0.39 is 29.5 Å². The number of benzene rings is 1. The van der Waals surface area contributed by atoms with Gasteiger partial charge in [0.1, 0.15) is 5.82 Å². The molecule has 2 heterocycles. The fourth-order valence-electron chi connectivity index (χ4n) is 4.93. The van der Waals surface area contributed by atoms with Crippen molar-refractivity contribution in [1.82, 2.24) is 10.3 Å². The summed E-state index contributed by atoms with van der Waals surface area (Å²) in [5.41, 5.74) is 8.97. The van der Waals surface area contributed by atoms with E-state index in [1.807, 2.05) is 19.9 Å². The molecule has 1 aliphatic heterocycles. The SMILES string of the molecule is Cc1cc(C)c(/C=C2\C(=O)N(CC3CCC(N)CC3)c3cc(C(=O)NCC(C)(C)O)c(F)cc32)[nH]1.O=C(O)C(F)(F)F. The molecule has 1 saturated carbocycles. The molecule has 1 aromatic heterocycles. The number of aliphatic carboxylic acids is 1. The third kappa shape index (κ3) is 8.19. The molecule has 0 bridgehead atoms. The molecule has 2 aliphatic rings. The molecule has 0 atom stereocenters. The average molecular weight is 597 g/mol. The second-order valence-corrected chi connectivity index (χ2v) is 11.5. The molecule has 9 nitrogen and oxygen atoms in total. The summed E-state index contributed by atoms with van der Waals surface area (Å²) in [6.07, 6.45) is 0.366. The maximum Gasteiger partial charge on any atom is 0.490 e. The quantitative estimate of drug-likeness (QED) is 0.248. The van der Waals surface area contributed by atoms with Gasteiger partial charge in [-0.25, -0.2) is 9.18 Å². The van der Waals surface area contributed by atoms with E-state index in [1.54, 1.807) is 24.8 Å². The van der Waals surface area contributed by atoms with Crippen LogP contribution in [0.5, 0.6) is 0 Å². The van der Waals surface area contributed by atoms with E-state index >= 15 is 4.39 Å². The van der Waals surface area contributed by atoms with Gasteiger partial charge in [-0.05, 0) is 89.1 Å². The fraction of sp³-hybridized carbons (Fsp3) is 0.483. The number of H-pyrrole nitrogens is 1. The van der Waals surface area contributed by atoms with Gasteiger partial charge in [-0.3, -0.25) is 9.59 Å². The molecule has 230 valence electrons. The minimum absolute atomic E-state index is 0.0239. The van der Waals surface area contributed by atoms with E-state index in [9.17, 15) is 27.9 Å². The van der Waals surface area contributed by atoms with Gasteiger partial charge < -0.3 is 31.1 Å². The number of hydrogen-bond acceptors (Lipinski definition) is 5. The summed E-state index contributed by atoms with van der Waals surface area (Å²) in [5, 5.41) is 19.6. The first-order valence-electron chi connectivity index (χ1n) is 13.5. The van der Waals surface area contributed by atoms with Crippen molar-refractivity contribution in [1.29, 1.82) is 0 Å². The largest absolute Gasteiger partial charge is 0.490 e. The van der Waals surface area contributed by atoms with Crippen molar-refractivity contribution in [2.24, 2.45) is 11.7 Å². The Balaban J connectivity index is 0.000000616. The van der Waals surface area contributed by atoms with Gasteiger partial charge in [0, 0.05) is 36.1 Å². The normalized spacial score (nSPS) is 19.8. The zero-order valence-electron chi connectivity index (χ0n) is 23.9. The maximum absolute atomic E-state index is 15.2. The first-order valence-corrected chi connectivity index (χ1v) is 13.5. The predicted molar refractivity (Wildman–Crippen MR) is 149 cm³/mol. The van der Waals surface area contributed by atoms with E-state index in [4.69, 9.17) is 15.6 Å². The molecule has 42 heavy (non-hydrogen) atoms. The van der Waals surface area contributed by atoms with Crippen LogP contribution in [-0.2, 0) is 9.59 Å². The summed E-state index contributed by atoms with van der Waals surface area (Å²) in [6.45, 7) is 7.49. The van der Waals surface area contributed by atoms with Gasteiger partial charge in [0.15, 0.2) is 0 Å². The van der Waals surface area contributed by atoms with Crippen LogP contribution in [-0.4, -0.2) is 63.9 Å². The summed E-state index contributed by atoms with van der Waals surface area (Å²) < 4.78 is 46.9. The Kier molecular flexibility index (Phi) is 9.88. The van der Waals surface area contributed by atoms with Crippen molar-refractivity contribution in [3.63, 3.8) is 0 Å². The molecule has 1 aliphatic carbocycles. The zero-order valence-corrected chi connectivity index (χ0v) is 23.9. The van der Waals surface area contributed by atoms with Crippen molar-refractivity contribution < 1.29 is 42.2 Å². The molecule has 1 fully saturated rings. The standard InChI is InChI=1S/C27H35FN4O3.C2HF3O2/c1-15-9-16(2)31-23(15)11-20-19-10-22(28)21(25(33)30-14-27(3,4)35)12-24(19)32(26(20)34)13-17-5-7-18(29)8-6-17;3-2(4,5)1(6)7/h9-12,17-18,31,35H,5-8,13-14,29H2,1-4H3,(H,30,33);(H,6,7)/b20-11-;. The van der Waals surface area contributed by atoms with Crippen LogP contribution in [0.4, 0.5) is 23.2 Å². The van der Waals surface area contributed by atoms with Crippen LogP contribution in [0.2, 0.25) is 0 Å². The number of aromatic amines is 1. The van der Waals surface area contributed by atoms with Crippen molar-refractivity contribution >= 4 is 35.1 Å². The van der Waals surface area contributed by atoms with Crippen LogP contribution in [0.25, 0.3) is 11.6 Å². The highest BCUT2D eigenvalue weighted by Gasteiger charge is 2.38. The maximum atomic E-state index is 15.2. The van der Waals surface area contributed by atoms with E-state index in [1.165, 1.54) is 12.1 Å². The monoisotopic (exact) mass is 596 g/mol. The number of alkyl halides is 3. The van der Waals surface area contributed by atoms with Crippen LogP contribution < -0.4 is 16.0 Å². The molecule has 0 spiro atoms. The Bertz CT molecular complexity index is 1370. The number of aryl methyl sites for hydroxylation is 2. The smallest absolute Gasteiger partial charge is 0.475 e. The molecule has 2 amide bonds. The van der Waals surface area contributed by atoms with Gasteiger partial charge in [0.05, 0.1) is 22.4 Å². The molecule has 6 N–H and O–H groups in total. The molecule has 0 radical (unpaired) electrons. The third-order valence-electron chi connectivity index (χ3n) is 7.12. The molecular formula is C29H36F4N4O5. The van der Waals surface area contributed by atoms with Crippen LogP contribution >= 0.6 is 0 Å². The number of anilines is 1. The molecule has 4 rings (SSSR count). The first-order chi connectivity index (χ1) is 19.4. The number of hydrogen-bond donors (Lipinski definition) is 5. The number of nitrogens with two attached hydrogens (primary N) is 1. The Labute approximate surface area is 240 Å². The number of amides is 2. The highest BCUT2D eigenvalue weighted by atomic mass is 19.4. The topological polar surface area (TPSA) is 149 Å². The van der Waals surface area contributed by atoms with Gasteiger partial charge in [0.2, 0.25) is 0 Å². The van der Waals surface area contributed by atoms with E-state index in [0.717, 1.165) is 42.6 Å². The van der Waals surface area contributed by atoms with Crippen molar-refractivity contribution in [2.45, 2.75) is 71.2 Å². The lowest BCUT2D eigenvalue weighted by Crippen LogP contribution is -2.38. The minimum Gasteiger partial charge on any atom is -0.475 e. The minimum atomic E-state index is -5.08. The Hall–Kier alpha value is -3.71. The second kappa shape index (κ2) is 12.7. The lowest BCUT2D eigenvalue weighted by atomic mass is 9.86. The number of aliphatic hydroxyl groups is 1. The fourth-order valence-corrected chi connectivity index (χ4v) is 4.93. The number of halogens is 4. The lowest BCUT2D eigenvalue weighted by Gasteiger charge is -2.30. The summed E-state index contributed by atoms with van der Waals surface area (Å²) in [5.74, 6) is -4.00. The van der Waals surface area contributed by atoms with E-state index in [-0.39, 0.29) is 30.0 Å². The number of aromatic nitrogens is 1. The van der Waals surface area contributed by atoms with Crippen molar-refractivity contribution in [3.8, 4) is 0 Å². The highest BCUT2D eigenvalue weighted by molar-refractivity contribution is 6.36. The highest BCUT2D eigenvalue weighted by Crippen LogP contribution is 2.41. The van der Waals surface area contributed by atoms with Crippen LogP contribution in [0, 0.1) is 25.6 Å². The second-order valence-electron chi connectivity index (χ2n) is 11.5. The number of nitrogens with zero attached hydrogens (tertiary/aromatic N) is 1. The molecule has 2 aromatic rings. The number of rotatable bonds is 6. The number of carbonyl (C=O) groups excluding carboxylic acids is 2. The number of fused-ring (bicyclic) bond motifs is 1. The molecule has 13 heteroatoms. The Morgan fingerprint density at radius 3 is 2.24 bits per heavy atom. The van der Waals surface area contributed by atoms with Crippen LogP contribution in [0.3, 0.4) is 0 Å². The number of nitrogens with one attached hydrogen (secondary N) is 2. The van der Waals surface area contributed by atoms with Gasteiger partial charge in [-0.15, -0.1) is 0 Å². The molecule has 0 saturated heterocycles. The third-order valence-corrected chi connectivity index (χ3v) is 7.12. The Morgan fingerprint density at radius 1 is 1.14 bits per heavy atom. The van der Waals surface area contributed by atoms with Gasteiger partial charge in [-0.1, -0.05) is 0 Å². The summed E-state index contributed by atoms with van der Waals surface area (Å²) in [6, 6.07) is 4.93. The van der Waals surface area contributed by atoms with Crippen molar-refractivity contribution in [2.75, 3.05) is 18.0 Å². The molecule has 1 aromatic carbocycles. The predicted octanol–water partition coefficient (Wildman–Crippen LogP) is 4.31. The average Bonchev–Trinajstić information content (AvgIpc) is 3.32. The molecular weight excluding hydrogens is 560 g/mol.